The van der Waals surface area contributed by atoms with Crippen LogP contribution in [0.15, 0.2) is 90.0 Å². The van der Waals surface area contributed by atoms with Crippen molar-refractivity contribution in [2.75, 3.05) is 6.54 Å². The first-order valence-corrected chi connectivity index (χ1v) is 11.4. The maximum Gasteiger partial charge on any atom is 0.343 e. The number of nitrogens with one attached hydrogen (secondary N) is 2. The second-order valence-corrected chi connectivity index (χ2v) is 8.30. The quantitative estimate of drug-likeness (QED) is 0.176. The van der Waals surface area contributed by atoms with E-state index in [2.05, 4.69) is 15.8 Å². The Kier molecular flexibility index (Phi) is 7.51. The second kappa shape index (κ2) is 11.1. The Hall–Kier alpha value is -4.78. The number of rotatable bonds is 7. The Balaban J connectivity index is 1.47. The molecule has 0 radical (unpaired) electrons. The molecule has 7 nitrogen and oxygen atoms in total. The number of ether oxygens (including phenoxy) is 1. The highest BCUT2D eigenvalue weighted by molar-refractivity contribution is 6.04. The van der Waals surface area contributed by atoms with Crippen molar-refractivity contribution >= 4 is 34.8 Å². The molecule has 4 rings (SSSR count). The summed E-state index contributed by atoms with van der Waals surface area (Å²) >= 11 is 0. The van der Waals surface area contributed by atoms with Crippen molar-refractivity contribution in [2.24, 2.45) is 5.10 Å². The summed E-state index contributed by atoms with van der Waals surface area (Å²) < 4.78 is 5.69. The van der Waals surface area contributed by atoms with Gasteiger partial charge in [0.1, 0.15) is 5.75 Å². The lowest BCUT2D eigenvalue weighted by Gasteiger charge is -2.11. The lowest BCUT2D eigenvalue weighted by Crippen LogP contribution is -2.34. The van der Waals surface area contributed by atoms with Crippen LogP contribution in [0.2, 0.25) is 0 Å². The van der Waals surface area contributed by atoms with Crippen molar-refractivity contribution < 1.29 is 19.1 Å². The van der Waals surface area contributed by atoms with Gasteiger partial charge in [0.15, 0.2) is 0 Å². The van der Waals surface area contributed by atoms with Gasteiger partial charge in [-0.15, -0.1) is 0 Å². The van der Waals surface area contributed by atoms with E-state index in [0.29, 0.717) is 22.4 Å². The van der Waals surface area contributed by atoms with Gasteiger partial charge in [0.2, 0.25) is 0 Å². The molecular formula is C29H25N3O4. The summed E-state index contributed by atoms with van der Waals surface area (Å²) in [5.41, 5.74) is 5.83. The maximum atomic E-state index is 12.7. The van der Waals surface area contributed by atoms with E-state index in [9.17, 15) is 14.4 Å². The number of hydrazone groups is 1. The van der Waals surface area contributed by atoms with E-state index in [1.54, 1.807) is 36.4 Å². The largest absolute Gasteiger partial charge is 0.422 e. The van der Waals surface area contributed by atoms with Crippen LogP contribution in [0.4, 0.5) is 0 Å². The molecule has 0 fully saturated rings. The molecule has 0 bridgehead atoms. The van der Waals surface area contributed by atoms with E-state index < -0.39 is 11.9 Å². The van der Waals surface area contributed by atoms with Crippen molar-refractivity contribution in [3.63, 3.8) is 0 Å². The molecule has 180 valence electrons. The van der Waals surface area contributed by atoms with Crippen LogP contribution in [0.1, 0.15) is 37.4 Å². The van der Waals surface area contributed by atoms with E-state index >= 15 is 0 Å². The molecule has 2 amide bonds. The highest BCUT2D eigenvalue weighted by Gasteiger charge is 2.14. The van der Waals surface area contributed by atoms with Crippen LogP contribution in [0.25, 0.3) is 10.8 Å². The minimum atomic E-state index is -0.495. The standard InChI is InChI=1S/C29H25N3O4/c1-19-10-12-22(13-11-19)28(34)30-18-27(33)32-31-17-25-24-9-4-3-7-21(24)14-15-26(25)36-29(35)23-8-5-6-20(2)16-23/h3-17H,18H2,1-2H3,(H,30,34)(H,32,33). The molecule has 2 N–H and O–H groups in total. The smallest absolute Gasteiger partial charge is 0.343 e. The third-order valence-electron chi connectivity index (χ3n) is 5.49. The topological polar surface area (TPSA) is 96.9 Å². The van der Waals surface area contributed by atoms with Gasteiger partial charge < -0.3 is 10.1 Å². The number of amides is 2. The minimum Gasteiger partial charge on any atom is -0.422 e. The van der Waals surface area contributed by atoms with E-state index in [4.69, 9.17) is 4.74 Å². The zero-order valence-corrected chi connectivity index (χ0v) is 19.9. The van der Waals surface area contributed by atoms with Gasteiger partial charge in [-0.3, -0.25) is 9.59 Å². The first-order valence-electron chi connectivity index (χ1n) is 11.4. The fourth-order valence-electron chi connectivity index (χ4n) is 3.60. The lowest BCUT2D eigenvalue weighted by atomic mass is 10.0. The summed E-state index contributed by atoms with van der Waals surface area (Å²) in [6.07, 6.45) is 1.43. The molecule has 4 aromatic rings. The van der Waals surface area contributed by atoms with Crippen LogP contribution in [0, 0.1) is 13.8 Å². The van der Waals surface area contributed by atoms with Gasteiger partial charge in [0.25, 0.3) is 11.8 Å². The fraction of sp³-hybridized carbons (Fsp3) is 0.103. The molecule has 0 aliphatic rings. The summed E-state index contributed by atoms with van der Waals surface area (Å²) in [6.45, 7) is 3.59. The number of aryl methyl sites for hydroxylation is 2. The molecule has 0 atom stereocenters. The molecule has 7 heteroatoms. The predicted molar refractivity (Wildman–Crippen MR) is 139 cm³/mol. The third kappa shape index (κ3) is 6.01. The van der Waals surface area contributed by atoms with Crippen molar-refractivity contribution in [1.29, 1.82) is 0 Å². The number of esters is 1. The molecule has 0 unspecified atom stereocenters. The monoisotopic (exact) mass is 479 g/mol. The van der Waals surface area contributed by atoms with Crippen LogP contribution < -0.4 is 15.5 Å². The Morgan fingerprint density at radius 3 is 2.39 bits per heavy atom. The van der Waals surface area contributed by atoms with Crippen molar-refractivity contribution in [3.8, 4) is 5.75 Å². The number of hydrogen-bond acceptors (Lipinski definition) is 5. The number of carbonyl (C=O) groups excluding carboxylic acids is 3. The molecule has 4 aromatic carbocycles. The number of nitrogens with zero attached hydrogens (tertiary/aromatic N) is 1. The summed E-state index contributed by atoms with van der Waals surface area (Å²) in [6, 6.07) is 25.3. The maximum absolute atomic E-state index is 12.7. The third-order valence-corrected chi connectivity index (χ3v) is 5.49. The van der Waals surface area contributed by atoms with Crippen LogP contribution in [0.5, 0.6) is 5.75 Å². The van der Waals surface area contributed by atoms with Crippen LogP contribution in [-0.2, 0) is 4.79 Å². The van der Waals surface area contributed by atoms with Gasteiger partial charge in [-0.05, 0) is 55.0 Å². The summed E-state index contributed by atoms with van der Waals surface area (Å²) in [5, 5.41) is 8.33. The summed E-state index contributed by atoms with van der Waals surface area (Å²) in [4.78, 5) is 37.2. The SMILES string of the molecule is Cc1ccc(C(=O)NCC(=O)NN=Cc2c(OC(=O)c3cccc(C)c3)ccc3ccccc23)cc1. The van der Waals surface area contributed by atoms with E-state index in [-0.39, 0.29) is 12.5 Å². The molecule has 36 heavy (non-hydrogen) atoms. The lowest BCUT2D eigenvalue weighted by molar-refractivity contribution is -0.120. The van der Waals surface area contributed by atoms with Gasteiger partial charge in [-0.2, -0.15) is 5.10 Å². The Bertz CT molecular complexity index is 1460. The summed E-state index contributed by atoms with van der Waals surface area (Å²) in [7, 11) is 0. The van der Waals surface area contributed by atoms with Gasteiger partial charge >= 0.3 is 5.97 Å². The van der Waals surface area contributed by atoms with Crippen LogP contribution >= 0.6 is 0 Å². The minimum absolute atomic E-state index is 0.241. The number of hydrogen-bond donors (Lipinski definition) is 2. The van der Waals surface area contributed by atoms with E-state index in [1.165, 1.54) is 6.21 Å². The fourth-order valence-corrected chi connectivity index (χ4v) is 3.60. The van der Waals surface area contributed by atoms with Gasteiger partial charge in [-0.25, -0.2) is 10.2 Å². The van der Waals surface area contributed by atoms with Gasteiger partial charge in [0.05, 0.1) is 18.3 Å². The van der Waals surface area contributed by atoms with Crippen molar-refractivity contribution in [1.82, 2.24) is 10.7 Å². The van der Waals surface area contributed by atoms with Crippen LogP contribution in [-0.4, -0.2) is 30.5 Å². The molecule has 0 aromatic heterocycles. The zero-order valence-electron chi connectivity index (χ0n) is 19.9. The normalized spacial score (nSPS) is 10.8. The Labute approximate surface area is 208 Å². The van der Waals surface area contributed by atoms with Gasteiger partial charge in [0, 0.05) is 11.1 Å². The average Bonchev–Trinajstić information content (AvgIpc) is 2.88. The molecule has 0 spiro atoms. The summed E-state index contributed by atoms with van der Waals surface area (Å²) in [5.74, 6) is -1.03. The first-order chi connectivity index (χ1) is 17.4. The Morgan fingerprint density at radius 1 is 0.833 bits per heavy atom. The zero-order chi connectivity index (χ0) is 25.5. The van der Waals surface area contributed by atoms with Gasteiger partial charge in [-0.1, -0.05) is 65.7 Å². The highest BCUT2D eigenvalue weighted by atomic mass is 16.5. The first kappa shape index (κ1) is 24.3. The van der Waals surface area contributed by atoms with Crippen molar-refractivity contribution in [3.05, 3.63) is 113 Å². The highest BCUT2D eigenvalue weighted by Crippen LogP contribution is 2.27. The molecular weight excluding hydrogens is 454 g/mol. The van der Waals surface area contributed by atoms with E-state index in [0.717, 1.165) is 21.9 Å². The molecule has 0 saturated carbocycles. The average molecular weight is 480 g/mol. The van der Waals surface area contributed by atoms with Crippen LogP contribution in [0.3, 0.4) is 0 Å². The molecule has 0 saturated heterocycles. The second-order valence-electron chi connectivity index (χ2n) is 8.30. The molecule has 0 aliphatic heterocycles. The Morgan fingerprint density at radius 2 is 1.61 bits per heavy atom. The number of benzene rings is 4. The van der Waals surface area contributed by atoms with Crippen molar-refractivity contribution in [2.45, 2.75) is 13.8 Å². The predicted octanol–water partition coefficient (Wildman–Crippen LogP) is 4.56. The number of carbonyl (C=O) groups is 3. The van der Waals surface area contributed by atoms with E-state index in [1.807, 2.05) is 62.4 Å². The molecule has 0 heterocycles. The molecule has 0 aliphatic carbocycles. The number of fused-ring (bicyclic) bond motifs is 1.